The van der Waals surface area contributed by atoms with Gasteiger partial charge in [0.15, 0.2) is 0 Å². The summed E-state index contributed by atoms with van der Waals surface area (Å²) in [6.07, 6.45) is 3.67. The predicted octanol–water partition coefficient (Wildman–Crippen LogP) is 2.94. The molecular formula is C21H25Cl2N5O2. The van der Waals surface area contributed by atoms with E-state index in [-0.39, 0.29) is 30.6 Å². The smallest absolute Gasteiger partial charge is 0.259 e. The summed E-state index contributed by atoms with van der Waals surface area (Å²) in [5.74, 6) is 0.526. The summed E-state index contributed by atoms with van der Waals surface area (Å²) >= 11 is 6.29. The van der Waals surface area contributed by atoms with Crippen molar-refractivity contribution in [1.29, 1.82) is 0 Å². The monoisotopic (exact) mass is 449 g/mol. The third-order valence-electron chi connectivity index (χ3n) is 5.45. The largest absolute Gasteiger partial charge is 0.395 e. The van der Waals surface area contributed by atoms with Gasteiger partial charge in [-0.3, -0.25) is 9.36 Å². The third kappa shape index (κ3) is 4.59. The first kappa shape index (κ1) is 22.5. The lowest BCUT2D eigenvalue weighted by atomic mass is 10.1. The topological polar surface area (TPSA) is 83.3 Å². The van der Waals surface area contributed by atoms with Gasteiger partial charge < -0.3 is 15.3 Å². The molecule has 160 valence electrons. The van der Waals surface area contributed by atoms with Gasteiger partial charge in [0.05, 0.1) is 6.61 Å². The van der Waals surface area contributed by atoms with Crippen LogP contribution in [0.4, 0.5) is 5.95 Å². The van der Waals surface area contributed by atoms with Gasteiger partial charge >= 0.3 is 0 Å². The van der Waals surface area contributed by atoms with Crippen LogP contribution in [0.2, 0.25) is 5.02 Å². The first-order valence-electron chi connectivity index (χ1n) is 9.78. The van der Waals surface area contributed by atoms with Crippen LogP contribution in [-0.4, -0.2) is 56.8 Å². The molecule has 4 rings (SSSR count). The number of aromatic nitrogens is 3. The highest BCUT2D eigenvalue weighted by atomic mass is 35.5. The molecule has 1 fully saturated rings. The van der Waals surface area contributed by atoms with E-state index in [9.17, 15) is 4.79 Å². The molecule has 1 aliphatic rings. The fraction of sp³-hybridized carbons (Fsp3) is 0.381. The summed E-state index contributed by atoms with van der Waals surface area (Å²) in [7, 11) is 1.72. The average molecular weight is 450 g/mol. The van der Waals surface area contributed by atoms with Crippen LogP contribution in [0.1, 0.15) is 12.8 Å². The highest BCUT2D eigenvalue weighted by Gasteiger charge is 2.20. The Hall–Kier alpha value is -2.19. The summed E-state index contributed by atoms with van der Waals surface area (Å²) in [6.45, 7) is 2.78. The van der Waals surface area contributed by atoms with Gasteiger partial charge in [-0.2, -0.15) is 4.98 Å². The Bertz CT molecular complexity index is 1080. The number of aliphatic hydroxyl groups excluding tert-OH is 1. The molecule has 0 amide bonds. The Morgan fingerprint density at radius 3 is 2.67 bits per heavy atom. The minimum absolute atomic E-state index is 0. The molecule has 0 unspecified atom stereocenters. The first-order chi connectivity index (χ1) is 14.1. The number of hydrogen-bond acceptors (Lipinski definition) is 6. The van der Waals surface area contributed by atoms with E-state index in [4.69, 9.17) is 16.7 Å². The fourth-order valence-corrected chi connectivity index (χ4v) is 4.05. The molecule has 7 nitrogen and oxygen atoms in total. The van der Waals surface area contributed by atoms with Crippen molar-refractivity contribution in [1.82, 2.24) is 19.4 Å². The van der Waals surface area contributed by atoms with E-state index in [0.717, 1.165) is 37.9 Å². The summed E-state index contributed by atoms with van der Waals surface area (Å²) in [5, 5.41) is 13.8. The third-order valence-corrected chi connectivity index (χ3v) is 5.78. The van der Waals surface area contributed by atoms with Crippen molar-refractivity contribution in [3.8, 4) is 11.1 Å². The normalized spacial score (nSPS) is 15.2. The van der Waals surface area contributed by atoms with Crippen LogP contribution in [0.5, 0.6) is 0 Å². The Balaban J connectivity index is 0.00000256. The molecule has 0 spiro atoms. The number of rotatable bonds is 5. The Kier molecular flexibility index (Phi) is 7.31. The molecule has 9 heteroatoms. The maximum absolute atomic E-state index is 12.9. The number of likely N-dealkylation sites (tertiary alicyclic amines) is 1. The van der Waals surface area contributed by atoms with E-state index in [1.54, 1.807) is 29.9 Å². The lowest BCUT2D eigenvalue weighted by Gasteiger charge is -2.31. The van der Waals surface area contributed by atoms with Crippen molar-refractivity contribution < 1.29 is 5.11 Å². The van der Waals surface area contributed by atoms with Crippen LogP contribution >= 0.6 is 24.0 Å². The van der Waals surface area contributed by atoms with Crippen molar-refractivity contribution in [2.45, 2.75) is 18.9 Å². The zero-order chi connectivity index (χ0) is 20.4. The number of aliphatic hydroxyl groups is 1. The molecule has 1 saturated heterocycles. The molecule has 3 aromatic rings. The Morgan fingerprint density at radius 1 is 1.23 bits per heavy atom. The Morgan fingerprint density at radius 2 is 1.97 bits per heavy atom. The number of β-amino-alcohol motifs (C(OH)–C–C–N with tert-alkyl or cyclic N) is 1. The van der Waals surface area contributed by atoms with Gasteiger partial charge in [0.25, 0.3) is 5.56 Å². The van der Waals surface area contributed by atoms with Gasteiger partial charge in [-0.25, -0.2) is 4.98 Å². The number of piperidine rings is 1. The maximum atomic E-state index is 12.9. The van der Waals surface area contributed by atoms with Gasteiger partial charge in [-0.15, -0.1) is 12.4 Å². The van der Waals surface area contributed by atoms with Gasteiger partial charge in [-0.1, -0.05) is 29.8 Å². The Labute approximate surface area is 186 Å². The second kappa shape index (κ2) is 9.75. The highest BCUT2D eigenvalue weighted by Crippen LogP contribution is 2.27. The second-order valence-electron chi connectivity index (χ2n) is 7.36. The van der Waals surface area contributed by atoms with Crippen LogP contribution < -0.4 is 10.9 Å². The van der Waals surface area contributed by atoms with E-state index in [0.29, 0.717) is 27.7 Å². The molecule has 30 heavy (non-hydrogen) atoms. The van der Waals surface area contributed by atoms with Crippen molar-refractivity contribution >= 4 is 41.0 Å². The van der Waals surface area contributed by atoms with Crippen LogP contribution in [-0.2, 0) is 7.05 Å². The lowest BCUT2D eigenvalue weighted by Crippen LogP contribution is -2.40. The predicted molar refractivity (Wildman–Crippen MR) is 123 cm³/mol. The number of halogens is 2. The fourth-order valence-electron chi connectivity index (χ4n) is 3.81. The van der Waals surface area contributed by atoms with Gasteiger partial charge in [0.2, 0.25) is 5.95 Å². The quantitative estimate of drug-likeness (QED) is 0.622. The summed E-state index contributed by atoms with van der Waals surface area (Å²) in [4.78, 5) is 24.2. The van der Waals surface area contributed by atoms with Gasteiger partial charge in [0, 0.05) is 60.5 Å². The summed E-state index contributed by atoms with van der Waals surface area (Å²) in [5.41, 5.74) is 1.67. The number of benzene rings is 1. The molecule has 0 atom stereocenters. The number of aryl methyl sites for hydroxylation is 1. The van der Waals surface area contributed by atoms with E-state index in [2.05, 4.69) is 20.2 Å². The van der Waals surface area contributed by atoms with Crippen molar-refractivity contribution in [2.24, 2.45) is 7.05 Å². The van der Waals surface area contributed by atoms with Crippen molar-refractivity contribution in [3.05, 3.63) is 51.9 Å². The molecule has 0 saturated carbocycles. The van der Waals surface area contributed by atoms with Crippen LogP contribution in [0.25, 0.3) is 22.2 Å². The minimum Gasteiger partial charge on any atom is -0.395 e. The van der Waals surface area contributed by atoms with E-state index in [1.807, 2.05) is 18.2 Å². The van der Waals surface area contributed by atoms with E-state index in [1.165, 1.54) is 0 Å². The number of anilines is 1. The molecule has 2 N–H and O–H groups in total. The molecule has 2 aromatic heterocycles. The van der Waals surface area contributed by atoms with E-state index >= 15 is 0 Å². The first-order valence-corrected chi connectivity index (χ1v) is 10.2. The minimum atomic E-state index is -0.146. The maximum Gasteiger partial charge on any atom is 0.259 e. The molecule has 0 bridgehead atoms. The number of fused-ring (bicyclic) bond motifs is 1. The molecular weight excluding hydrogens is 425 g/mol. The van der Waals surface area contributed by atoms with Crippen LogP contribution in [0.3, 0.4) is 0 Å². The SMILES string of the molecule is Cl.Cn1c(=O)c(-c2ccccc2Cl)cc2cnc(NC3CCN(CCO)CC3)nc21. The molecule has 1 aliphatic heterocycles. The molecule has 3 heterocycles. The van der Waals surface area contributed by atoms with Crippen molar-refractivity contribution in [3.63, 3.8) is 0 Å². The van der Waals surface area contributed by atoms with Crippen molar-refractivity contribution in [2.75, 3.05) is 31.6 Å². The zero-order valence-corrected chi connectivity index (χ0v) is 18.3. The zero-order valence-electron chi connectivity index (χ0n) is 16.7. The van der Waals surface area contributed by atoms with Crippen LogP contribution in [0, 0.1) is 0 Å². The van der Waals surface area contributed by atoms with Gasteiger partial charge in [-0.05, 0) is 25.0 Å². The standard InChI is InChI=1S/C21H24ClN5O2.ClH/c1-26-19-14(12-17(20(26)29)16-4-2-3-5-18(16)22)13-23-21(25-19)24-15-6-8-27(9-7-15)10-11-28;/h2-5,12-13,15,28H,6-11H2,1H3,(H,23,24,25);1H. The molecule has 1 aromatic carbocycles. The number of nitrogens with one attached hydrogen (secondary N) is 1. The lowest BCUT2D eigenvalue weighted by molar-refractivity contribution is 0.168. The average Bonchev–Trinajstić information content (AvgIpc) is 2.73. The number of nitrogens with zero attached hydrogens (tertiary/aromatic N) is 4. The van der Waals surface area contributed by atoms with Gasteiger partial charge in [0.1, 0.15) is 5.65 Å². The summed E-state index contributed by atoms with van der Waals surface area (Å²) in [6, 6.07) is 9.39. The van der Waals surface area contributed by atoms with Crippen LogP contribution in [0.15, 0.2) is 41.3 Å². The molecule has 0 radical (unpaired) electrons. The highest BCUT2D eigenvalue weighted by molar-refractivity contribution is 6.33. The van der Waals surface area contributed by atoms with E-state index < -0.39 is 0 Å². The number of hydrogen-bond donors (Lipinski definition) is 2. The molecule has 0 aliphatic carbocycles. The second-order valence-corrected chi connectivity index (χ2v) is 7.77. The number of pyridine rings is 1. The summed E-state index contributed by atoms with van der Waals surface area (Å²) < 4.78 is 1.55.